The second-order valence-electron chi connectivity index (χ2n) is 6.19. The van der Waals surface area contributed by atoms with Gasteiger partial charge in [-0.05, 0) is 38.7 Å². The third-order valence-corrected chi connectivity index (χ3v) is 4.10. The number of aliphatic imine (C=N–C) groups is 1. The quantitative estimate of drug-likeness (QED) is 0.606. The van der Waals surface area contributed by atoms with Crippen LogP contribution in [0.25, 0.3) is 0 Å². The van der Waals surface area contributed by atoms with E-state index in [9.17, 15) is 0 Å². The van der Waals surface area contributed by atoms with Crippen LogP contribution in [0.4, 0.5) is 0 Å². The molecular weight excluding hydrogens is 298 g/mol. The predicted octanol–water partition coefficient (Wildman–Crippen LogP) is 2.26. The Kier molecular flexibility index (Phi) is 6.88. The molecule has 5 nitrogen and oxygen atoms in total. The molecule has 0 aliphatic carbocycles. The van der Waals surface area contributed by atoms with Crippen molar-refractivity contribution in [2.24, 2.45) is 4.99 Å². The lowest BCUT2D eigenvalue weighted by Crippen LogP contribution is -2.42. The SMILES string of the molecule is CN=C(NCCn1cccc1)NCC(c1ccc(C)cc1)N(C)C. The molecule has 2 N–H and O–H groups in total. The standard InChI is InChI=1S/C19H29N5/c1-16-7-9-17(10-8-16)18(23(3)4)15-22-19(20-2)21-11-14-24-12-5-6-13-24/h5-10,12-13,18H,11,14-15H2,1-4H3,(H2,20,21,22). The minimum absolute atomic E-state index is 0.300. The molecule has 1 aromatic carbocycles. The lowest BCUT2D eigenvalue weighted by atomic mass is 10.0. The van der Waals surface area contributed by atoms with Crippen LogP contribution < -0.4 is 10.6 Å². The van der Waals surface area contributed by atoms with Gasteiger partial charge in [0.1, 0.15) is 0 Å². The van der Waals surface area contributed by atoms with Crippen molar-refractivity contribution < 1.29 is 0 Å². The molecule has 1 heterocycles. The van der Waals surface area contributed by atoms with Crippen molar-refractivity contribution in [2.45, 2.75) is 19.5 Å². The molecule has 0 aliphatic heterocycles. The highest BCUT2D eigenvalue weighted by molar-refractivity contribution is 5.79. The predicted molar refractivity (Wildman–Crippen MR) is 101 cm³/mol. The summed E-state index contributed by atoms with van der Waals surface area (Å²) in [6, 6.07) is 13.1. The van der Waals surface area contributed by atoms with Crippen LogP contribution in [0.5, 0.6) is 0 Å². The smallest absolute Gasteiger partial charge is 0.191 e. The summed E-state index contributed by atoms with van der Waals surface area (Å²) < 4.78 is 2.15. The maximum absolute atomic E-state index is 4.31. The monoisotopic (exact) mass is 327 g/mol. The maximum atomic E-state index is 4.31. The highest BCUT2D eigenvalue weighted by Gasteiger charge is 2.14. The molecular formula is C19H29N5. The third kappa shape index (κ3) is 5.42. The Labute approximate surface area is 145 Å². The van der Waals surface area contributed by atoms with Crippen molar-refractivity contribution in [2.75, 3.05) is 34.2 Å². The van der Waals surface area contributed by atoms with Crippen LogP contribution in [-0.4, -0.2) is 49.7 Å². The molecule has 130 valence electrons. The first kappa shape index (κ1) is 18.1. The highest BCUT2D eigenvalue weighted by atomic mass is 15.2. The van der Waals surface area contributed by atoms with E-state index in [-0.39, 0.29) is 0 Å². The minimum atomic E-state index is 0.300. The first-order valence-electron chi connectivity index (χ1n) is 8.38. The van der Waals surface area contributed by atoms with Gasteiger partial charge in [-0.1, -0.05) is 29.8 Å². The Bertz CT molecular complexity index is 614. The number of guanidine groups is 1. The molecule has 0 fully saturated rings. The Hall–Kier alpha value is -2.27. The van der Waals surface area contributed by atoms with E-state index in [0.717, 1.165) is 25.6 Å². The fraction of sp³-hybridized carbons (Fsp3) is 0.421. The summed E-state index contributed by atoms with van der Waals surface area (Å²) in [5.74, 6) is 0.834. The van der Waals surface area contributed by atoms with Crippen LogP contribution in [-0.2, 0) is 6.54 Å². The Morgan fingerprint density at radius 3 is 2.38 bits per heavy atom. The van der Waals surface area contributed by atoms with E-state index in [1.54, 1.807) is 0 Å². The molecule has 2 rings (SSSR count). The Balaban J connectivity index is 1.86. The maximum Gasteiger partial charge on any atom is 0.191 e. The van der Waals surface area contributed by atoms with Crippen LogP contribution in [0, 0.1) is 6.92 Å². The van der Waals surface area contributed by atoms with E-state index < -0.39 is 0 Å². The van der Waals surface area contributed by atoms with Crippen molar-refractivity contribution in [3.8, 4) is 0 Å². The number of hydrogen-bond acceptors (Lipinski definition) is 2. The second kappa shape index (κ2) is 9.13. The molecule has 1 atom stereocenters. The summed E-state index contributed by atoms with van der Waals surface area (Å²) in [5.41, 5.74) is 2.59. The Morgan fingerprint density at radius 1 is 1.12 bits per heavy atom. The van der Waals surface area contributed by atoms with E-state index in [0.29, 0.717) is 6.04 Å². The molecule has 0 spiro atoms. The fourth-order valence-electron chi connectivity index (χ4n) is 2.62. The van der Waals surface area contributed by atoms with E-state index in [2.05, 4.69) is 82.8 Å². The molecule has 0 bridgehead atoms. The average Bonchev–Trinajstić information content (AvgIpc) is 3.08. The van der Waals surface area contributed by atoms with Gasteiger partial charge in [0.05, 0.1) is 6.04 Å². The molecule has 0 saturated carbocycles. The number of hydrogen-bond donors (Lipinski definition) is 2. The number of aromatic nitrogens is 1. The summed E-state index contributed by atoms with van der Waals surface area (Å²) in [5, 5.41) is 6.79. The molecule has 2 aromatic rings. The van der Waals surface area contributed by atoms with Crippen molar-refractivity contribution in [3.63, 3.8) is 0 Å². The molecule has 5 heteroatoms. The first-order chi connectivity index (χ1) is 11.6. The summed E-state index contributed by atoms with van der Waals surface area (Å²) >= 11 is 0. The molecule has 0 radical (unpaired) electrons. The van der Waals surface area contributed by atoms with Crippen LogP contribution in [0.3, 0.4) is 0 Å². The third-order valence-electron chi connectivity index (χ3n) is 4.10. The first-order valence-corrected chi connectivity index (χ1v) is 8.38. The second-order valence-corrected chi connectivity index (χ2v) is 6.19. The minimum Gasteiger partial charge on any atom is -0.355 e. The van der Waals surface area contributed by atoms with E-state index in [1.165, 1.54) is 11.1 Å². The van der Waals surface area contributed by atoms with Gasteiger partial charge in [-0.2, -0.15) is 0 Å². The number of nitrogens with zero attached hydrogens (tertiary/aromatic N) is 3. The van der Waals surface area contributed by atoms with Gasteiger partial charge >= 0.3 is 0 Å². The summed E-state index contributed by atoms with van der Waals surface area (Å²) in [4.78, 5) is 6.54. The van der Waals surface area contributed by atoms with Crippen molar-refractivity contribution in [1.29, 1.82) is 0 Å². The van der Waals surface area contributed by atoms with E-state index in [4.69, 9.17) is 0 Å². The number of benzene rings is 1. The average molecular weight is 327 g/mol. The summed E-state index contributed by atoms with van der Waals surface area (Å²) in [6.45, 7) is 4.68. The highest BCUT2D eigenvalue weighted by Crippen LogP contribution is 2.17. The normalized spacial score (nSPS) is 13.1. The van der Waals surface area contributed by atoms with Gasteiger partial charge in [-0.3, -0.25) is 4.99 Å². The van der Waals surface area contributed by atoms with Crippen LogP contribution >= 0.6 is 0 Å². The van der Waals surface area contributed by atoms with Crippen LogP contribution in [0.1, 0.15) is 17.2 Å². The van der Waals surface area contributed by atoms with Gasteiger partial charge < -0.3 is 20.1 Å². The zero-order chi connectivity index (χ0) is 17.4. The molecule has 0 saturated heterocycles. The molecule has 0 amide bonds. The van der Waals surface area contributed by atoms with E-state index in [1.807, 2.05) is 19.2 Å². The number of rotatable bonds is 7. The number of nitrogens with one attached hydrogen (secondary N) is 2. The largest absolute Gasteiger partial charge is 0.355 e. The number of aryl methyl sites for hydroxylation is 1. The lowest BCUT2D eigenvalue weighted by Gasteiger charge is -2.26. The zero-order valence-electron chi connectivity index (χ0n) is 15.2. The molecule has 1 aromatic heterocycles. The van der Waals surface area contributed by atoms with Crippen molar-refractivity contribution >= 4 is 5.96 Å². The van der Waals surface area contributed by atoms with Gasteiger partial charge in [-0.15, -0.1) is 0 Å². The summed E-state index contributed by atoms with van der Waals surface area (Å²) in [7, 11) is 6.02. The molecule has 0 aliphatic rings. The van der Waals surface area contributed by atoms with Gasteiger partial charge in [-0.25, -0.2) is 0 Å². The van der Waals surface area contributed by atoms with E-state index >= 15 is 0 Å². The van der Waals surface area contributed by atoms with Crippen molar-refractivity contribution in [1.82, 2.24) is 20.1 Å². The van der Waals surface area contributed by atoms with Crippen molar-refractivity contribution in [3.05, 3.63) is 59.9 Å². The van der Waals surface area contributed by atoms with Gasteiger partial charge in [0.15, 0.2) is 5.96 Å². The molecule has 1 unspecified atom stereocenters. The Morgan fingerprint density at radius 2 is 1.79 bits per heavy atom. The van der Waals surface area contributed by atoms with Crippen LogP contribution in [0.15, 0.2) is 53.8 Å². The van der Waals surface area contributed by atoms with Gasteiger partial charge in [0.25, 0.3) is 0 Å². The lowest BCUT2D eigenvalue weighted by molar-refractivity contribution is 0.298. The summed E-state index contributed by atoms with van der Waals surface area (Å²) in [6.07, 6.45) is 4.13. The van der Waals surface area contributed by atoms with Gasteiger partial charge in [0.2, 0.25) is 0 Å². The van der Waals surface area contributed by atoms with Gasteiger partial charge in [0, 0.05) is 39.1 Å². The topological polar surface area (TPSA) is 44.6 Å². The van der Waals surface area contributed by atoms with Crippen LogP contribution in [0.2, 0.25) is 0 Å². The molecule has 24 heavy (non-hydrogen) atoms. The zero-order valence-corrected chi connectivity index (χ0v) is 15.2. The fourth-order valence-corrected chi connectivity index (χ4v) is 2.62. The number of likely N-dealkylation sites (N-methyl/N-ethyl adjacent to an activating group) is 1.